The summed E-state index contributed by atoms with van der Waals surface area (Å²) in [5.41, 5.74) is 16.6. The van der Waals surface area contributed by atoms with Crippen LogP contribution >= 0.6 is 0 Å². The predicted octanol–water partition coefficient (Wildman–Crippen LogP) is 14.0. The molecule has 0 amide bonds. The smallest absolute Gasteiger partial charge is 0.126 e. The Morgan fingerprint density at radius 1 is 0.411 bits per heavy atom. The van der Waals surface area contributed by atoms with Crippen molar-refractivity contribution < 1.29 is 15.3 Å². The van der Waals surface area contributed by atoms with Gasteiger partial charge in [0.15, 0.2) is 0 Å². The van der Waals surface area contributed by atoms with Gasteiger partial charge in [-0.15, -0.1) is 0 Å². The molecule has 0 aliphatic rings. The molecule has 4 aromatic carbocycles. The highest BCUT2D eigenvalue weighted by Gasteiger charge is 2.30. The van der Waals surface area contributed by atoms with E-state index in [1.807, 2.05) is 6.92 Å². The number of hydrogen-bond donors (Lipinski definition) is 3. The quantitative estimate of drug-likeness (QED) is 0.176. The fourth-order valence-electron chi connectivity index (χ4n) is 8.37. The van der Waals surface area contributed by atoms with E-state index in [0.717, 1.165) is 57.4 Å². The van der Waals surface area contributed by atoms with Crippen molar-refractivity contribution in [2.75, 3.05) is 0 Å². The zero-order valence-corrected chi connectivity index (χ0v) is 38.6. The van der Waals surface area contributed by atoms with E-state index in [4.69, 9.17) is 0 Å². The highest BCUT2D eigenvalue weighted by molar-refractivity contribution is 5.70. The van der Waals surface area contributed by atoms with Crippen LogP contribution in [-0.2, 0) is 46.3 Å². The van der Waals surface area contributed by atoms with Gasteiger partial charge in [0.25, 0.3) is 0 Å². The van der Waals surface area contributed by atoms with Crippen LogP contribution in [0.3, 0.4) is 0 Å². The van der Waals surface area contributed by atoms with E-state index < -0.39 is 0 Å². The summed E-state index contributed by atoms with van der Waals surface area (Å²) in [6.07, 6.45) is 2.19. The van der Waals surface area contributed by atoms with Gasteiger partial charge in [-0.2, -0.15) is 0 Å². The van der Waals surface area contributed by atoms with Crippen molar-refractivity contribution in [3.05, 3.63) is 126 Å². The Bertz CT molecular complexity index is 1980. The first-order valence-electron chi connectivity index (χ1n) is 20.6. The van der Waals surface area contributed by atoms with E-state index in [2.05, 4.69) is 168 Å². The number of hydrogen-bond acceptors (Lipinski definition) is 3. The van der Waals surface area contributed by atoms with E-state index in [9.17, 15) is 15.3 Å². The number of rotatable bonds is 7. The van der Waals surface area contributed by atoms with Crippen LogP contribution in [0, 0.1) is 20.8 Å². The molecule has 0 radical (unpaired) electrons. The first-order valence-corrected chi connectivity index (χ1v) is 20.6. The maximum atomic E-state index is 11.6. The van der Waals surface area contributed by atoms with E-state index >= 15 is 0 Å². The molecule has 3 heteroatoms. The Hall–Kier alpha value is -3.98. The summed E-state index contributed by atoms with van der Waals surface area (Å²) in [6.45, 7) is 45.6. The third-order valence-electron chi connectivity index (χ3n) is 11.9. The van der Waals surface area contributed by atoms with E-state index in [1.54, 1.807) is 0 Å². The Balaban J connectivity index is 2.09. The summed E-state index contributed by atoms with van der Waals surface area (Å²) in [7, 11) is 0. The Kier molecular flexibility index (Phi) is 12.0. The topological polar surface area (TPSA) is 60.7 Å². The molecule has 0 heterocycles. The first-order chi connectivity index (χ1) is 25.2. The van der Waals surface area contributed by atoms with Crippen molar-refractivity contribution in [2.24, 2.45) is 0 Å². The molecule has 3 N–H and O–H groups in total. The lowest BCUT2D eigenvalue weighted by Gasteiger charge is -2.30. The van der Waals surface area contributed by atoms with Gasteiger partial charge in [0.1, 0.15) is 17.2 Å². The highest BCUT2D eigenvalue weighted by Crippen LogP contribution is 2.44. The monoisotopic (exact) mass is 759 g/mol. The van der Waals surface area contributed by atoms with E-state index in [1.165, 1.54) is 44.5 Å². The minimum absolute atomic E-state index is 0.229. The summed E-state index contributed by atoms with van der Waals surface area (Å²) in [5, 5.41) is 34.6. The van der Waals surface area contributed by atoms with Crippen molar-refractivity contribution in [2.45, 2.75) is 178 Å². The van der Waals surface area contributed by atoms with Gasteiger partial charge in [0.2, 0.25) is 0 Å². The number of aromatic hydroxyl groups is 3. The second-order valence-corrected chi connectivity index (χ2v) is 22.0. The third kappa shape index (κ3) is 9.25. The molecule has 4 rings (SSSR count). The molecule has 0 aromatic heterocycles. The Labute approximate surface area is 341 Å². The SMILES string of the molecule is C=C(C)c1cc(Cc2c(C)c(Cc3cc(C(C)(C)C)c(O)c(C(C)(C)C)c3)c(C)c(Cc3cc(C(C)(C)C)c(O)c(C(C)(C)C)c3)c2C)cc(C(C)(C)C)c1O. The summed E-state index contributed by atoms with van der Waals surface area (Å²) >= 11 is 0. The molecule has 0 aliphatic heterocycles. The lowest BCUT2D eigenvalue weighted by atomic mass is 9.76. The Morgan fingerprint density at radius 2 is 0.625 bits per heavy atom. The van der Waals surface area contributed by atoms with Crippen molar-refractivity contribution in [1.82, 2.24) is 0 Å². The van der Waals surface area contributed by atoms with Crippen molar-refractivity contribution >= 4 is 5.57 Å². The third-order valence-corrected chi connectivity index (χ3v) is 11.9. The van der Waals surface area contributed by atoms with E-state index in [0.29, 0.717) is 23.7 Å². The molecule has 304 valence electrons. The largest absolute Gasteiger partial charge is 0.507 e. The van der Waals surface area contributed by atoms with Gasteiger partial charge in [0, 0.05) is 11.1 Å². The van der Waals surface area contributed by atoms with E-state index in [-0.39, 0.29) is 27.1 Å². The molecular weight excluding hydrogens is 685 g/mol. The van der Waals surface area contributed by atoms with Gasteiger partial charge in [-0.1, -0.05) is 141 Å². The number of benzene rings is 4. The number of phenols is 3. The van der Waals surface area contributed by atoms with Crippen LogP contribution in [0.25, 0.3) is 5.57 Å². The maximum absolute atomic E-state index is 11.6. The molecule has 0 unspecified atom stereocenters. The average Bonchev–Trinajstić information content (AvgIpc) is 3.02. The zero-order valence-electron chi connectivity index (χ0n) is 38.6. The van der Waals surface area contributed by atoms with Crippen LogP contribution in [0.5, 0.6) is 17.2 Å². The Morgan fingerprint density at radius 3 is 0.839 bits per heavy atom. The van der Waals surface area contributed by atoms with Gasteiger partial charge in [-0.25, -0.2) is 0 Å². The number of allylic oxidation sites excluding steroid dienone is 1. The second kappa shape index (κ2) is 15.1. The van der Waals surface area contributed by atoms with Crippen LogP contribution in [0.4, 0.5) is 0 Å². The molecule has 0 aliphatic carbocycles. The molecule has 4 aromatic rings. The fourth-order valence-corrected chi connectivity index (χ4v) is 8.37. The van der Waals surface area contributed by atoms with Crippen molar-refractivity contribution in [3.63, 3.8) is 0 Å². The normalized spacial score (nSPS) is 13.1. The molecule has 0 saturated carbocycles. The minimum Gasteiger partial charge on any atom is -0.507 e. The minimum atomic E-state index is -0.249. The predicted molar refractivity (Wildman–Crippen MR) is 242 cm³/mol. The lowest BCUT2D eigenvalue weighted by Crippen LogP contribution is -2.18. The second-order valence-electron chi connectivity index (χ2n) is 22.0. The van der Waals surface area contributed by atoms with Gasteiger partial charge in [-0.05, 0) is 158 Å². The summed E-state index contributed by atoms with van der Waals surface area (Å²) in [4.78, 5) is 0. The highest BCUT2D eigenvalue weighted by atomic mass is 16.3. The lowest BCUT2D eigenvalue weighted by molar-refractivity contribution is 0.422. The molecule has 3 nitrogen and oxygen atoms in total. The van der Waals surface area contributed by atoms with Crippen LogP contribution in [0.15, 0.2) is 43.0 Å². The molecule has 0 bridgehead atoms. The summed E-state index contributed by atoms with van der Waals surface area (Å²) in [5.74, 6) is 1.12. The molecule has 56 heavy (non-hydrogen) atoms. The van der Waals surface area contributed by atoms with Gasteiger partial charge < -0.3 is 15.3 Å². The molecular formula is C53H74O3. The van der Waals surface area contributed by atoms with Gasteiger partial charge in [0.05, 0.1) is 0 Å². The fraction of sp³-hybridized carbons (Fsp3) is 0.509. The van der Waals surface area contributed by atoms with Gasteiger partial charge in [-0.3, -0.25) is 0 Å². The van der Waals surface area contributed by atoms with Crippen LogP contribution in [0.2, 0.25) is 0 Å². The molecule has 0 atom stereocenters. The maximum Gasteiger partial charge on any atom is 0.126 e. The summed E-state index contributed by atoms with van der Waals surface area (Å²) in [6, 6.07) is 13.2. The van der Waals surface area contributed by atoms with Crippen molar-refractivity contribution in [1.29, 1.82) is 0 Å². The van der Waals surface area contributed by atoms with Crippen LogP contribution in [0.1, 0.15) is 194 Å². The average molecular weight is 759 g/mol. The van der Waals surface area contributed by atoms with Crippen LogP contribution in [-0.4, -0.2) is 15.3 Å². The number of phenolic OH excluding ortho intramolecular Hbond substituents is 3. The molecule has 0 saturated heterocycles. The first kappa shape index (κ1) is 44.7. The van der Waals surface area contributed by atoms with Crippen LogP contribution < -0.4 is 0 Å². The zero-order chi connectivity index (χ0) is 42.8. The molecule has 0 fully saturated rings. The summed E-state index contributed by atoms with van der Waals surface area (Å²) < 4.78 is 0. The molecule has 0 spiro atoms. The van der Waals surface area contributed by atoms with Gasteiger partial charge >= 0.3 is 0 Å². The van der Waals surface area contributed by atoms with Crippen molar-refractivity contribution in [3.8, 4) is 17.2 Å². The standard InChI is InChI=1S/C53H74O3/c1-30(2)37-21-34(25-41(46(37)54)49(6,7)8)22-38-31(3)39(23-35-26-42(50(9,10)11)47(55)43(27-35)51(12,13)14)33(5)40(32(38)4)24-36-28-44(52(15,16)17)48(56)45(29-36)53(18,19)20/h21,25-29,54-56H,1,22-24H2,2-20H3.